The van der Waals surface area contributed by atoms with Gasteiger partial charge in [-0.3, -0.25) is 4.98 Å². The maximum atomic E-state index is 6.30. The molecule has 21 heavy (non-hydrogen) atoms. The van der Waals surface area contributed by atoms with Crippen LogP contribution in [0.4, 0.5) is 0 Å². The second kappa shape index (κ2) is 6.46. The Morgan fingerprint density at radius 1 is 1.33 bits per heavy atom. The van der Waals surface area contributed by atoms with Crippen LogP contribution in [0.15, 0.2) is 42.6 Å². The molecule has 3 rings (SSSR count). The van der Waals surface area contributed by atoms with Gasteiger partial charge in [0, 0.05) is 6.20 Å². The Morgan fingerprint density at radius 2 is 2.19 bits per heavy atom. The number of pyridine rings is 1. The van der Waals surface area contributed by atoms with E-state index < -0.39 is 0 Å². The molecule has 110 valence electrons. The van der Waals surface area contributed by atoms with Gasteiger partial charge >= 0.3 is 0 Å². The molecule has 0 bridgehead atoms. The van der Waals surface area contributed by atoms with Crippen LogP contribution >= 0.6 is 11.6 Å². The average Bonchev–Trinajstić information content (AvgIpc) is 3.30. The zero-order valence-electron chi connectivity index (χ0n) is 12.1. The zero-order chi connectivity index (χ0) is 14.7. The summed E-state index contributed by atoms with van der Waals surface area (Å²) in [5, 5.41) is 4.13. The zero-order valence-corrected chi connectivity index (χ0v) is 12.8. The number of benzene rings is 1. The van der Waals surface area contributed by atoms with Crippen molar-refractivity contribution in [1.82, 2.24) is 10.3 Å². The first kappa shape index (κ1) is 14.4. The minimum absolute atomic E-state index is 0.0218. The fourth-order valence-corrected chi connectivity index (χ4v) is 2.56. The smallest absolute Gasteiger partial charge is 0.120 e. The first-order valence-corrected chi connectivity index (χ1v) is 7.76. The maximum absolute atomic E-state index is 6.30. The Bertz CT molecular complexity index is 613. The van der Waals surface area contributed by atoms with E-state index in [0.29, 0.717) is 11.1 Å². The fraction of sp³-hybridized carbons (Fsp3) is 0.353. The molecular formula is C17H19ClN2O. The van der Waals surface area contributed by atoms with E-state index in [4.69, 9.17) is 16.3 Å². The summed E-state index contributed by atoms with van der Waals surface area (Å²) >= 11 is 6.30. The molecule has 1 aliphatic rings. The molecule has 0 saturated heterocycles. The number of aromatic nitrogens is 1. The fourth-order valence-electron chi connectivity index (χ4n) is 2.33. The van der Waals surface area contributed by atoms with Gasteiger partial charge in [-0.2, -0.15) is 0 Å². The molecule has 0 amide bonds. The summed E-state index contributed by atoms with van der Waals surface area (Å²) in [6.45, 7) is 2.92. The monoisotopic (exact) mass is 302 g/mol. The third-order valence-electron chi connectivity index (χ3n) is 3.49. The lowest BCUT2D eigenvalue weighted by Crippen LogP contribution is -2.23. The Morgan fingerprint density at radius 3 is 2.90 bits per heavy atom. The molecule has 0 spiro atoms. The first-order chi connectivity index (χ1) is 10.3. The van der Waals surface area contributed by atoms with E-state index in [1.165, 1.54) is 0 Å². The van der Waals surface area contributed by atoms with E-state index >= 15 is 0 Å². The number of hydrogen-bond acceptors (Lipinski definition) is 3. The molecule has 1 aliphatic carbocycles. The van der Waals surface area contributed by atoms with Gasteiger partial charge in [0.2, 0.25) is 0 Å². The summed E-state index contributed by atoms with van der Waals surface area (Å²) in [6.07, 6.45) is 4.49. The second-order valence-electron chi connectivity index (χ2n) is 5.25. The van der Waals surface area contributed by atoms with Crippen LogP contribution in [0.5, 0.6) is 5.75 Å². The van der Waals surface area contributed by atoms with E-state index in [-0.39, 0.29) is 6.04 Å². The Balaban J connectivity index is 1.91. The summed E-state index contributed by atoms with van der Waals surface area (Å²) < 4.78 is 5.88. The second-order valence-corrected chi connectivity index (χ2v) is 5.66. The summed E-state index contributed by atoms with van der Waals surface area (Å²) in [5.41, 5.74) is 1.97. The van der Waals surface area contributed by atoms with Crippen molar-refractivity contribution >= 4 is 11.6 Å². The highest BCUT2D eigenvalue weighted by Gasteiger charge is 2.24. The van der Waals surface area contributed by atoms with Gasteiger partial charge in [-0.1, -0.05) is 30.7 Å². The van der Waals surface area contributed by atoms with Crippen molar-refractivity contribution in [1.29, 1.82) is 0 Å². The molecule has 1 aromatic heterocycles. The molecule has 1 fully saturated rings. The van der Waals surface area contributed by atoms with Crippen molar-refractivity contribution in [2.45, 2.75) is 31.9 Å². The van der Waals surface area contributed by atoms with Gasteiger partial charge in [-0.25, -0.2) is 0 Å². The van der Waals surface area contributed by atoms with E-state index in [0.717, 1.165) is 36.4 Å². The van der Waals surface area contributed by atoms with E-state index in [1.54, 1.807) is 6.20 Å². The van der Waals surface area contributed by atoms with Gasteiger partial charge in [0.05, 0.1) is 22.9 Å². The molecule has 0 aliphatic heterocycles. The molecule has 1 atom stereocenters. The number of ether oxygens (including phenoxy) is 1. The number of nitrogens with zero attached hydrogens (tertiary/aromatic N) is 1. The van der Waals surface area contributed by atoms with Crippen molar-refractivity contribution in [3.63, 3.8) is 0 Å². The first-order valence-electron chi connectivity index (χ1n) is 7.38. The minimum Gasteiger partial charge on any atom is -0.490 e. The standard InChI is InChI=1S/C17H19ClN2O/c1-2-19-16(17-15(18)7-4-10-20-17)12-5-3-6-14(11-12)21-13-8-9-13/h3-7,10-11,13,16,19H,2,8-9H2,1H3. The molecular weight excluding hydrogens is 284 g/mol. The van der Waals surface area contributed by atoms with Crippen molar-refractivity contribution < 1.29 is 4.74 Å². The highest BCUT2D eigenvalue weighted by molar-refractivity contribution is 6.31. The molecule has 0 radical (unpaired) electrons. The summed E-state index contributed by atoms with van der Waals surface area (Å²) in [7, 11) is 0. The molecule has 3 nitrogen and oxygen atoms in total. The van der Waals surface area contributed by atoms with Crippen LogP contribution < -0.4 is 10.1 Å². The molecule has 1 unspecified atom stereocenters. The summed E-state index contributed by atoms with van der Waals surface area (Å²) in [5.74, 6) is 0.921. The molecule has 1 heterocycles. The van der Waals surface area contributed by atoms with Crippen LogP contribution in [0.25, 0.3) is 0 Å². The van der Waals surface area contributed by atoms with Crippen molar-refractivity contribution in [3.8, 4) is 5.75 Å². The molecule has 1 aromatic carbocycles. The summed E-state index contributed by atoms with van der Waals surface area (Å²) in [4.78, 5) is 4.44. The normalized spacial score (nSPS) is 15.7. The van der Waals surface area contributed by atoms with Crippen LogP contribution in [0, 0.1) is 0 Å². The molecule has 1 saturated carbocycles. The predicted molar refractivity (Wildman–Crippen MR) is 84.9 cm³/mol. The topological polar surface area (TPSA) is 34.1 Å². The van der Waals surface area contributed by atoms with E-state index in [1.807, 2.05) is 24.3 Å². The van der Waals surface area contributed by atoms with Crippen LogP contribution in [0.1, 0.15) is 37.1 Å². The van der Waals surface area contributed by atoms with Gasteiger partial charge < -0.3 is 10.1 Å². The molecule has 4 heteroatoms. The molecule has 2 aromatic rings. The molecule has 1 N–H and O–H groups in total. The lowest BCUT2D eigenvalue weighted by Gasteiger charge is -2.19. The maximum Gasteiger partial charge on any atom is 0.120 e. The van der Waals surface area contributed by atoms with Gasteiger partial charge in [0.25, 0.3) is 0 Å². The summed E-state index contributed by atoms with van der Waals surface area (Å²) in [6, 6.07) is 11.9. The lowest BCUT2D eigenvalue weighted by molar-refractivity contribution is 0.302. The van der Waals surface area contributed by atoms with Gasteiger partial charge in [-0.05, 0) is 49.2 Å². The van der Waals surface area contributed by atoms with Gasteiger partial charge in [-0.15, -0.1) is 0 Å². The SMILES string of the molecule is CCNC(c1cccc(OC2CC2)c1)c1ncccc1Cl. The Labute approximate surface area is 130 Å². The van der Waals surface area contributed by atoms with Crippen LogP contribution in [-0.4, -0.2) is 17.6 Å². The van der Waals surface area contributed by atoms with Crippen molar-refractivity contribution in [2.75, 3.05) is 6.54 Å². The lowest BCUT2D eigenvalue weighted by atomic mass is 10.0. The largest absolute Gasteiger partial charge is 0.490 e. The van der Waals surface area contributed by atoms with Gasteiger partial charge in [0.1, 0.15) is 5.75 Å². The van der Waals surface area contributed by atoms with E-state index in [9.17, 15) is 0 Å². The van der Waals surface area contributed by atoms with E-state index in [2.05, 4.69) is 29.4 Å². The highest BCUT2D eigenvalue weighted by Crippen LogP contribution is 2.31. The van der Waals surface area contributed by atoms with Crippen molar-refractivity contribution in [2.24, 2.45) is 0 Å². The number of rotatable bonds is 6. The average molecular weight is 303 g/mol. The van der Waals surface area contributed by atoms with Gasteiger partial charge in [0.15, 0.2) is 0 Å². The van der Waals surface area contributed by atoms with Crippen molar-refractivity contribution in [3.05, 3.63) is 58.9 Å². The Hall–Kier alpha value is -1.58. The number of halogens is 1. The number of nitrogens with one attached hydrogen (secondary N) is 1. The van der Waals surface area contributed by atoms with Crippen LogP contribution in [0.2, 0.25) is 5.02 Å². The third-order valence-corrected chi connectivity index (χ3v) is 3.81. The van der Waals surface area contributed by atoms with Crippen LogP contribution in [0.3, 0.4) is 0 Å². The Kier molecular flexibility index (Phi) is 4.42. The van der Waals surface area contributed by atoms with Crippen LogP contribution in [-0.2, 0) is 0 Å². The number of hydrogen-bond donors (Lipinski definition) is 1. The minimum atomic E-state index is -0.0218. The predicted octanol–water partition coefficient (Wildman–Crippen LogP) is 3.98. The highest BCUT2D eigenvalue weighted by atomic mass is 35.5. The third kappa shape index (κ3) is 3.55. The quantitative estimate of drug-likeness (QED) is 0.876.